The number of ether oxygens (including phenoxy) is 1. The number of anilines is 2. The van der Waals surface area contributed by atoms with Crippen LogP contribution in [0.2, 0.25) is 0 Å². The van der Waals surface area contributed by atoms with E-state index in [1.807, 2.05) is 7.05 Å². The van der Waals surface area contributed by atoms with Crippen molar-refractivity contribution in [3.05, 3.63) is 6.33 Å². The number of hydrogen-bond donors (Lipinski definition) is 1. The molecule has 0 bridgehead atoms. The SMILES string of the molecule is CCC1(CC)CCN(c2ncnc(NC)c2OC)CC1. The Hall–Kier alpha value is -1.52. The second-order valence-corrected chi connectivity index (χ2v) is 5.52. The fraction of sp³-hybridized carbons (Fsp3) is 0.733. The molecule has 0 spiro atoms. The molecule has 5 nitrogen and oxygen atoms in total. The van der Waals surface area contributed by atoms with E-state index in [-0.39, 0.29) is 0 Å². The minimum Gasteiger partial charge on any atom is -0.490 e. The molecule has 0 aliphatic carbocycles. The molecule has 1 fully saturated rings. The third kappa shape index (κ3) is 2.67. The van der Waals surface area contributed by atoms with Gasteiger partial charge in [0.15, 0.2) is 11.6 Å². The van der Waals surface area contributed by atoms with Crippen LogP contribution in [-0.2, 0) is 0 Å². The number of methoxy groups -OCH3 is 1. The van der Waals surface area contributed by atoms with Gasteiger partial charge in [-0.05, 0) is 18.3 Å². The summed E-state index contributed by atoms with van der Waals surface area (Å²) in [4.78, 5) is 11.0. The van der Waals surface area contributed by atoms with Gasteiger partial charge in [-0.2, -0.15) is 0 Å². The van der Waals surface area contributed by atoms with Gasteiger partial charge >= 0.3 is 0 Å². The first-order valence-corrected chi connectivity index (χ1v) is 7.51. The average molecular weight is 278 g/mol. The Labute approximate surface area is 121 Å². The van der Waals surface area contributed by atoms with Gasteiger partial charge in [-0.25, -0.2) is 9.97 Å². The van der Waals surface area contributed by atoms with Crippen molar-refractivity contribution in [1.29, 1.82) is 0 Å². The third-order valence-electron chi connectivity index (χ3n) is 4.85. The minimum absolute atomic E-state index is 0.516. The molecule has 0 amide bonds. The molecular weight excluding hydrogens is 252 g/mol. The predicted octanol–water partition coefficient (Wildman–Crippen LogP) is 2.93. The third-order valence-corrected chi connectivity index (χ3v) is 4.85. The zero-order valence-electron chi connectivity index (χ0n) is 13.1. The van der Waals surface area contributed by atoms with Crippen LogP contribution in [0.15, 0.2) is 6.33 Å². The molecule has 20 heavy (non-hydrogen) atoms. The fourth-order valence-corrected chi connectivity index (χ4v) is 3.11. The van der Waals surface area contributed by atoms with E-state index in [2.05, 4.69) is 34.0 Å². The molecule has 2 heterocycles. The van der Waals surface area contributed by atoms with Crippen molar-refractivity contribution in [3.8, 4) is 5.75 Å². The smallest absolute Gasteiger partial charge is 0.204 e. The Balaban J connectivity index is 2.18. The Morgan fingerprint density at radius 3 is 2.40 bits per heavy atom. The number of hydrogen-bond acceptors (Lipinski definition) is 5. The number of nitrogens with one attached hydrogen (secondary N) is 1. The summed E-state index contributed by atoms with van der Waals surface area (Å²) in [6, 6.07) is 0. The highest BCUT2D eigenvalue weighted by molar-refractivity contribution is 5.64. The number of nitrogens with zero attached hydrogens (tertiary/aromatic N) is 3. The standard InChI is InChI=1S/C15H26N4O/c1-5-15(6-2)7-9-19(10-8-15)14-12(20-4)13(16-3)17-11-18-14/h11H,5-10H2,1-4H3,(H,16,17,18). The highest BCUT2D eigenvalue weighted by Crippen LogP contribution is 2.41. The number of rotatable bonds is 5. The molecule has 1 aliphatic rings. The van der Waals surface area contributed by atoms with Crippen molar-refractivity contribution in [2.75, 3.05) is 37.5 Å². The molecule has 1 N–H and O–H groups in total. The van der Waals surface area contributed by atoms with E-state index in [0.717, 1.165) is 30.5 Å². The lowest BCUT2D eigenvalue weighted by atomic mass is 9.74. The van der Waals surface area contributed by atoms with E-state index in [1.54, 1.807) is 13.4 Å². The number of aromatic nitrogens is 2. The Kier molecular flexibility index (Phi) is 4.68. The molecule has 0 unspecified atom stereocenters. The summed E-state index contributed by atoms with van der Waals surface area (Å²) < 4.78 is 5.50. The average Bonchev–Trinajstić information content (AvgIpc) is 2.54. The zero-order valence-corrected chi connectivity index (χ0v) is 13.1. The summed E-state index contributed by atoms with van der Waals surface area (Å²) in [7, 11) is 3.53. The van der Waals surface area contributed by atoms with E-state index >= 15 is 0 Å². The van der Waals surface area contributed by atoms with Crippen molar-refractivity contribution >= 4 is 11.6 Å². The molecule has 1 aromatic heterocycles. The molecule has 1 aliphatic heterocycles. The fourth-order valence-electron chi connectivity index (χ4n) is 3.11. The van der Waals surface area contributed by atoms with Crippen LogP contribution in [0.1, 0.15) is 39.5 Å². The van der Waals surface area contributed by atoms with E-state index < -0.39 is 0 Å². The first kappa shape index (κ1) is 14.9. The van der Waals surface area contributed by atoms with Crippen LogP contribution in [0.25, 0.3) is 0 Å². The van der Waals surface area contributed by atoms with Gasteiger partial charge in [0.25, 0.3) is 0 Å². The van der Waals surface area contributed by atoms with Crippen LogP contribution in [0.3, 0.4) is 0 Å². The van der Waals surface area contributed by atoms with Gasteiger partial charge in [-0.15, -0.1) is 0 Å². The van der Waals surface area contributed by atoms with E-state index in [0.29, 0.717) is 5.41 Å². The molecular formula is C15H26N4O. The molecule has 5 heteroatoms. The molecule has 1 saturated heterocycles. The summed E-state index contributed by atoms with van der Waals surface area (Å²) in [5.74, 6) is 2.41. The molecule has 112 valence electrons. The van der Waals surface area contributed by atoms with Crippen LogP contribution < -0.4 is 15.0 Å². The first-order chi connectivity index (χ1) is 9.69. The minimum atomic E-state index is 0.516. The van der Waals surface area contributed by atoms with Crippen LogP contribution in [0.5, 0.6) is 5.75 Å². The normalized spacial score (nSPS) is 17.9. The zero-order chi connectivity index (χ0) is 14.6. The van der Waals surface area contributed by atoms with Gasteiger partial charge in [0, 0.05) is 20.1 Å². The summed E-state index contributed by atoms with van der Waals surface area (Å²) >= 11 is 0. The predicted molar refractivity (Wildman–Crippen MR) is 82.6 cm³/mol. The lowest BCUT2D eigenvalue weighted by Crippen LogP contribution is -2.40. The largest absolute Gasteiger partial charge is 0.490 e. The van der Waals surface area contributed by atoms with Crippen molar-refractivity contribution < 1.29 is 4.74 Å². The Morgan fingerprint density at radius 2 is 1.90 bits per heavy atom. The topological polar surface area (TPSA) is 50.3 Å². The van der Waals surface area contributed by atoms with Gasteiger partial charge in [0.2, 0.25) is 5.75 Å². The van der Waals surface area contributed by atoms with Crippen molar-refractivity contribution in [3.63, 3.8) is 0 Å². The van der Waals surface area contributed by atoms with E-state index in [4.69, 9.17) is 4.74 Å². The molecule has 0 saturated carbocycles. The van der Waals surface area contributed by atoms with Crippen molar-refractivity contribution in [2.24, 2.45) is 5.41 Å². The lowest BCUT2D eigenvalue weighted by molar-refractivity contribution is 0.198. The van der Waals surface area contributed by atoms with Gasteiger partial charge in [0.05, 0.1) is 7.11 Å². The second-order valence-electron chi connectivity index (χ2n) is 5.52. The van der Waals surface area contributed by atoms with Crippen molar-refractivity contribution in [2.45, 2.75) is 39.5 Å². The van der Waals surface area contributed by atoms with Crippen LogP contribution in [0.4, 0.5) is 11.6 Å². The summed E-state index contributed by atoms with van der Waals surface area (Å²) in [6.45, 7) is 6.70. The van der Waals surface area contributed by atoms with Gasteiger partial charge in [-0.1, -0.05) is 26.7 Å². The van der Waals surface area contributed by atoms with Gasteiger partial charge < -0.3 is 15.0 Å². The molecule has 0 aromatic carbocycles. The summed E-state index contributed by atoms with van der Waals surface area (Å²) in [6.07, 6.45) is 6.58. The maximum absolute atomic E-state index is 5.50. The lowest BCUT2D eigenvalue weighted by Gasteiger charge is -2.41. The summed E-state index contributed by atoms with van der Waals surface area (Å²) in [5.41, 5.74) is 0.516. The molecule has 1 aromatic rings. The van der Waals surface area contributed by atoms with Crippen LogP contribution in [-0.4, -0.2) is 37.2 Å². The van der Waals surface area contributed by atoms with Gasteiger partial charge in [0.1, 0.15) is 6.33 Å². The van der Waals surface area contributed by atoms with Gasteiger partial charge in [-0.3, -0.25) is 0 Å². The highest BCUT2D eigenvalue weighted by atomic mass is 16.5. The van der Waals surface area contributed by atoms with Crippen molar-refractivity contribution in [1.82, 2.24) is 9.97 Å². The second kappa shape index (κ2) is 6.29. The maximum atomic E-state index is 5.50. The quantitative estimate of drug-likeness (QED) is 0.897. The van der Waals surface area contributed by atoms with Crippen LogP contribution in [0, 0.1) is 5.41 Å². The molecule has 0 atom stereocenters. The summed E-state index contributed by atoms with van der Waals surface area (Å²) in [5, 5.41) is 3.06. The monoisotopic (exact) mass is 278 g/mol. The van der Waals surface area contributed by atoms with E-state index in [1.165, 1.54) is 25.7 Å². The maximum Gasteiger partial charge on any atom is 0.204 e. The number of piperidine rings is 1. The van der Waals surface area contributed by atoms with Crippen LogP contribution >= 0.6 is 0 Å². The first-order valence-electron chi connectivity index (χ1n) is 7.51. The van der Waals surface area contributed by atoms with E-state index in [9.17, 15) is 0 Å². The highest BCUT2D eigenvalue weighted by Gasteiger charge is 2.32. The Morgan fingerprint density at radius 1 is 1.25 bits per heavy atom. The molecule has 0 radical (unpaired) electrons. The Bertz CT molecular complexity index is 435. The molecule has 2 rings (SSSR count).